The minimum absolute atomic E-state index is 0.179. The summed E-state index contributed by atoms with van der Waals surface area (Å²) in [4.78, 5) is 4.35. The van der Waals surface area contributed by atoms with E-state index >= 15 is 0 Å². The molecule has 4 heteroatoms. The molecule has 0 aliphatic rings. The fourth-order valence-electron chi connectivity index (χ4n) is 2.67. The van der Waals surface area contributed by atoms with Crippen molar-refractivity contribution in [1.82, 2.24) is 9.80 Å². The van der Waals surface area contributed by atoms with Gasteiger partial charge in [-0.2, -0.15) is 0 Å². The molecule has 0 unspecified atom stereocenters. The Hall–Kier alpha value is -0.160. The van der Waals surface area contributed by atoms with E-state index in [4.69, 9.17) is 9.47 Å². The highest BCUT2D eigenvalue weighted by atomic mass is 16.5. The zero-order valence-electron chi connectivity index (χ0n) is 17.6. The first-order chi connectivity index (χ1) is 11.3. The average Bonchev–Trinajstić information content (AvgIpc) is 2.50. The minimum atomic E-state index is 0.179. The lowest BCUT2D eigenvalue weighted by molar-refractivity contribution is -0.0395. The van der Waals surface area contributed by atoms with Gasteiger partial charge < -0.3 is 19.3 Å². The van der Waals surface area contributed by atoms with E-state index in [0.717, 1.165) is 45.4 Å². The Morgan fingerprint density at radius 3 is 1.71 bits per heavy atom. The number of likely N-dealkylation sites (N-methyl/N-ethyl adjacent to an activating group) is 2. The predicted octanol–water partition coefficient (Wildman–Crippen LogP) is 3.76. The van der Waals surface area contributed by atoms with E-state index in [1.165, 1.54) is 32.1 Å². The van der Waals surface area contributed by atoms with Crippen LogP contribution in [0.2, 0.25) is 0 Å². The van der Waals surface area contributed by atoms with Crippen molar-refractivity contribution in [3.63, 3.8) is 0 Å². The first-order valence-corrected chi connectivity index (χ1v) is 9.76. The molecule has 24 heavy (non-hydrogen) atoms. The van der Waals surface area contributed by atoms with Gasteiger partial charge >= 0.3 is 0 Å². The predicted molar refractivity (Wildman–Crippen MR) is 105 cm³/mol. The largest absolute Gasteiger partial charge is 0.379 e. The highest BCUT2D eigenvalue weighted by molar-refractivity contribution is 4.80. The molecule has 0 atom stereocenters. The standard InChI is InChI=1S/C20H44N2O2/c1-8-9-11-20(12-10-19(2)3,17-23-15-13-21(4)5)18-24-16-14-22(6)7/h19H,8-18H2,1-7H3. The number of hydrogen-bond donors (Lipinski definition) is 0. The topological polar surface area (TPSA) is 24.9 Å². The highest BCUT2D eigenvalue weighted by Crippen LogP contribution is 2.33. The molecule has 0 radical (unpaired) electrons. The molecule has 0 heterocycles. The zero-order chi connectivity index (χ0) is 18.4. The van der Waals surface area contributed by atoms with Crippen LogP contribution < -0.4 is 0 Å². The zero-order valence-corrected chi connectivity index (χ0v) is 17.6. The van der Waals surface area contributed by atoms with Gasteiger partial charge in [0.2, 0.25) is 0 Å². The SMILES string of the molecule is CCCCC(CCC(C)C)(COCCN(C)C)COCCN(C)C. The monoisotopic (exact) mass is 344 g/mol. The van der Waals surface area contributed by atoms with Gasteiger partial charge in [-0.3, -0.25) is 0 Å². The van der Waals surface area contributed by atoms with Crippen LogP contribution in [-0.2, 0) is 9.47 Å². The molecule has 0 aromatic heterocycles. The highest BCUT2D eigenvalue weighted by Gasteiger charge is 2.30. The number of rotatable bonds is 16. The Morgan fingerprint density at radius 1 is 0.833 bits per heavy atom. The molecule has 0 aromatic carbocycles. The third-order valence-electron chi connectivity index (χ3n) is 4.49. The molecule has 0 spiro atoms. The van der Waals surface area contributed by atoms with Crippen LogP contribution in [0.3, 0.4) is 0 Å². The van der Waals surface area contributed by atoms with Crippen molar-refractivity contribution < 1.29 is 9.47 Å². The minimum Gasteiger partial charge on any atom is -0.379 e. The van der Waals surface area contributed by atoms with E-state index in [2.05, 4.69) is 58.8 Å². The molecule has 0 aliphatic carbocycles. The molecule has 0 fully saturated rings. The third kappa shape index (κ3) is 13.2. The lowest BCUT2D eigenvalue weighted by atomic mass is 9.78. The van der Waals surface area contributed by atoms with Gasteiger partial charge in [-0.05, 0) is 47.0 Å². The van der Waals surface area contributed by atoms with Gasteiger partial charge in [0.05, 0.1) is 26.4 Å². The lowest BCUT2D eigenvalue weighted by Gasteiger charge is -2.34. The number of ether oxygens (including phenoxy) is 2. The summed E-state index contributed by atoms with van der Waals surface area (Å²) >= 11 is 0. The summed E-state index contributed by atoms with van der Waals surface area (Å²) in [6.07, 6.45) is 6.15. The van der Waals surface area contributed by atoms with Crippen molar-refractivity contribution in [2.75, 3.05) is 67.7 Å². The summed E-state index contributed by atoms with van der Waals surface area (Å²) in [6, 6.07) is 0. The van der Waals surface area contributed by atoms with Crippen LogP contribution in [0.5, 0.6) is 0 Å². The molecular weight excluding hydrogens is 300 g/mol. The molecule has 0 saturated heterocycles. The van der Waals surface area contributed by atoms with Crippen LogP contribution in [-0.4, -0.2) is 77.5 Å². The second-order valence-electron chi connectivity index (χ2n) is 8.25. The fraction of sp³-hybridized carbons (Fsp3) is 1.00. The van der Waals surface area contributed by atoms with Crippen molar-refractivity contribution in [2.45, 2.75) is 52.9 Å². The van der Waals surface area contributed by atoms with Gasteiger partial charge in [0, 0.05) is 18.5 Å². The Balaban J connectivity index is 4.65. The molecular formula is C20H44N2O2. The summed E-state index contributed by atoms with van der Waals surface area (Å²) in [5, 5.41) is 0. The summed E-state index contributed by atoms with van der Waals surface area (Å²) in [5.41, 5.74) is 0.179. The maximum atomic E-state index is 6.09. The van der Waals surface area contributed by atoms with E-state index in [-0.39, 0.29) is 5.41 Å². The molecule has 0 rings (SSSR count). The van der Waals surface area contributed by atoms with Gasteiger partial charge in [-0.1, -0.05) is 40.0 Å². The Bertz CT molecular complexity index is 265. The molecule has 0 aromatic rings. The molecule has 146 valence electrons. The average molecular weight is 345 g/mol. The lowest BCUT2D eigenvalue weighted by Crippen LogP contribution is -2.35. The first kappa shape index (κ1) is 23.8. The summed E-state index contributed by atoms with van der Waals surface area (Å²) in [7, 11) is 8.38. The molecule has 0 bridgehead atoms. The Kier molecular flexibility index (Phi) is 14.0. The van der Waals surface area contributed by atoms with Crippen LogP contribution in [0.25, 0.3) is 0 Å². The molecule has 0 N–H and O–H groups in total. The second-order valence-corrected chi connectivity index (χ2v) is 8.25. The fourth-order valence-corrected chi connectivity index (χ4v) is 2.67. The normalized spacial score (nSPS) is 12.8. The molecule has 0 aliphatic heterocycles. The maximum absolute atomic E-state index is 6.09. The van der Waals surface area contributed by atoms with E-state index in [1.54, 1.807) is 0 Å². The van der Waals surface area contributed by atoms with Crippen LogP contribution in [0.1, 0.15) is 52.9 Å². The maximum Gasteiger partial charge on any atom is 0.0593 e. The van der Waals surface area contributed by atoms with Crippen molar-refractivity contribution in [3.8, 4) is 0 Å². The molecule has 0 amide bonds. The number of hydrogen-bond acceptors (Lipinski definition) is 4. The number of nitrogens with zero attached hydrogens (tertiary/aromatic N) is 2. The van der Waals surface area contributed by atoms with Crippen molar-refractivity contribution in [3.05, 3.63) is 0 Å². The summed E-state index contributed by atoms with van der Waals surface area (Å²) in [6.45, 7) is 12.1. The van der Waals surface area contributed by atoms with Gasteiger partial charge in [0.25, 0.3) is 0 Å². The van der Waals surface area contributed by atoms with Crippen molar-refractivity contribution in [1.29, 1.82) is 0 Å². The molecule has 0 saturated carbocycles. The van der Waals surface area contributed by atoms with E-state index < -0.39 is 0 Å². The van der Waals surface area contributed by atoms with Gasteiger partial charge in [0.15, 0.2) is 0 Å². The summed E-state index contributed by atoms with van der Waals surface area (Å²) in [5.74, 6) is 0.731. The van der Waals surface area contributed by atoms with Crippen LogP contribution in [0.15, 0.2) is 0 Å². The smallest absolute Gasteiger partial charge is 0.0593 e. The third-order valence-corrected chi connectivity index (χ3v) is 4.49. The Labute approximate surface area is 151 Å². The quantitative estimate of drug-likeness (QED) is 0.398. The van der Waals surface area contributed by atoms with E-state index in [9.17, 15) is 0 Å². The van der Waals surface area contributed by atoms with E-state index in [0.29, 0.717) is 0 Å². The van der Waals surface area contributed by atoms with Crippen LogP contribution in [0, 0.1) is 11.3 Å². The van der Waals surface area contributed by atoms with Crippen LogP contribution >= 0.6 is 0 Å². The Morgan fingerprint density at radius 2 is 1.33 bits per heavy atom. The van der Waals surface area contributed by atoms with Crippen molar-refractivity contribution >= 4 is 0 Å². The number of unbranched alkanes of at least 4 members (excludes halogenated alkanes) is 1. The second kappa shape index (κ2) is 14.1. The summed E-state index contributed by atoms with van der Waals surface area (Å²) < 4.78 is 12.2. The molecule has 4 nitrogen and oxygen atoms in total. The van der Waals surface area contributed by atoms with Gasteiger partial charge in [0.1, 0.15) is 0 Å². The van der Waals surface area contributed by atoms with Crippen molar-refractivity contribution in [2.24, 2.45) is 11.3 Å². The van der Waals surface area contributed by atoms with E-state index in [1.807, 2.05) is 0 Å². The van der Waals surface area contributed by atoms with Gasteiger partial charge in [-0.15, -0.1) is 0 Å². The van der Waals surface area contributed by atoms with Crippen LogP contribution in [0.4, 0.5) is 0 Å². The first-order valence-electron chi connectivity index (χ1n) is 9.76. The van der Waals surface area contributed by atoms with Gasteiger partial charge in [-0.25, -0.2) is 0 Å².